The van der Waals surface area contributed by atoms with E-state index in [1.165, 1.54) is 0 Å². The predicted octanol–water partition coefficient (Wildman–Crippen LogP) is 3.05. The molecule has 2 heterocycles. The Morgan fingerprint density at radius 1 is 1.24 bits per heavy atom. The monoisotopic (exact) mass is 270 g/mol. The zero-order valence-corrected chi connectivity index (χ0v) is 11.3. The zero-order valence-electron chi connectivity index (χ0n) is 9.83. The first-order valence-electron chi connectivity index (χ1n) is 5.25. The zero-order chi connectivity index (χ0) is 12.6. The van der Waals surface area contributed by atoms with Crippen molar-refractivity contribution < 1.29 is 0 Å². The molecule has 0 saturated heterocycles. The number of aryl methyl sites for hydroxylation is 2. The van der Waals surface area contributed by atoms with Crippen molar-refractivity contribution in [1.82, 2.24) is 19.7 Å². The quantitative estimate of drug-likeness (QED) is 0.788. The van der Waals surface area contributed by atoms with Gasteiger partial charge in [0.2, 0.25) is 0 Å². The lowest BCUT2D eigenvalue weighted by Crippen LogP contribution is -1.96. The minimum atomic E-state index is 0.408. The second-order valence-corrected chi connectivity index (χ2v) is 4.48. The molecule has 17 heavy (non-hydrogen) atoms. The number of hydrogen-bond donors (Lipinski definition) is 0. The van der Waals surface area contributed by atoms with Crippen molar-refractivity contribution in [3.05, 3.63) is 27.8 Å². The van der Waals surface area contributed by atoms with E-state index in [0.29, 0.717) is 22.6 Å². The van der Waals surface area contributed by atoms with Crippen LogP contribution in [-0.4, -0.2) is 19.7 Å². The lowest BCUT2D eigenvalue weighted by Gasteiger charge is -2.05. The van der Waals surface area contributed by atoms with E-state index in [0.717, 1.165) is 16.8 Å². The highest BCUT2D eigenvalue weighted by Crippen LogP contribution is 2.26. The first kappa shape index (κ1) is 12.3. The Morgan fingerprint density at radius 2 is 1.82 bits per heavy atom. The Hall–Kier alpha value is -1.13. The normalized spacial score (nSPS) is 10.9. The van der Waals surface area contributed by atoms with Crippen LogP contribution in [0.15, 0.2) is 6.20 Å². The Labute approximate surface area is 110 Å². The first-order valence-corrected chi connectivity index (χ1v) is 6.01. The van der Waals surface area contributed by atoms with Gasteiger partial charge >= 0.3 is 0 Å². The van der Waals surface area contributed by atoms with Crippen LogP contribution in [0.5, 0.6) is 0 Å². The minimum absolute atomic E-state index is 0.408. The molecule has 0 saturated carbocycles. The lowest BCUT2D eigenvalue weighted by atomic mass is 10.2. The van der Waals surface area contributed by atoms with Crippen LogP contribution in [0.25, 0.3) is 11.4 Å². The van der Waals surface area contributed by atoms with E-state index in [1.54, 1.807) is 4.68 Å². The van der Waals surface area contributed by atoms with Gasteiger partial charge in [0.05, 0.1) is 11.3 Å². The average Bonchev–Trinajstić information content (AvgIpc) is 2.57. The predicted molar refractivity (Wildman–Crippen MR) is 68.4 cm³/mol. The topological polar surface area (TPSA) is 43.6 Å². The fourth-order valence-electron chi connectivity index (χ4n) is 1.66. The summed E-state index contributed by atoms with van der Waals surface area (Å²) >= 11 is 12.2. The van der Waals surface area contributed by atoms with Crippen LogP contribution in [0.1, 0.15) is 18.2 Å². The van der Waals surface area contributed by atoms with Gasteiger partial charge in [-0.3, -0.25) is 4.68 Å². The summed E-state index contributed by atoms with van der Waals surface area (Å²) in [7, 11) is 1.85. The van der Waals surface area contributed by atoms with Gasteiger partial charge in [-0.25, -0.2) is 9.97 Å². The first-order chi connectivity index (χ1) is 8.02. The summed E-state index contributed by atoms with van der Waals surface area (Å²) in [5, 5.41) is 5.06. The van der Waals surface area contributed by atoms with Gasteiger partial charge in [0.1, 0.15) is 10.3 Å². The van der Waals surface area contributed by atoms with E-state index >= 15 is 0 Å². The van der Waals surface area contributed by atoms with Crippen LogP contribution in [0.3, 0.4) is 0 Å². The summed E-state index contributed by atoms with van der Waals surface area (Å²) in [5.41, 5.74) is 2.47. The highest BCUT2D eigenvalue weighted by atomic mass is 35.5. The van der Waals surface area contributed by atoms with Gasteiger partial charge in [-0.05, 0) is 13.3 Å². The molecule has 0 amide bonds. The van der Waals surface area contributed by atoms with Crippen LogP contribution in [0, 0.1) is 6.92 Å². The number of hydrogen-bond acceptors (Lipinski definition) is 3. The van der Waals surface area contributed by atoms with Crippen LogP contribution in [0.4, 0.5) is 0 Å². The van der Waals surface area contributed by atoms with Crippen molar-refractivity contribution in [2.24, 2.45) is 7.05 Å². The van der Waals surface area contributed by atoms with Crippen LogP contribution in [0.2, 0.25) is 10.3 Å². The number of rotatable bonds is 2. The molecule has 0 aliphatic heterocycles. The summed E-state index contributed by atoms with van der Waals surface area (Å²) in [4.78, 5) is 8.53. The minimum Gasteiger partial charge on any atom is -0.275 e. The van der Waals surface area contributed by atoms with E-state index in [-0.39, 0.29) is 0 Å². The third-order valence-electron chi connectivity index (χ3n) is 2.51. The molecule has 0 unspecified atom stereocenters. The van der Waals surface area contributed by atoms with Gasteiger partial charge in [-0.15, -0.1) is 0 Å². The van der Waals surface area contributed by atoms with Crippen molar-refractivity contribution in [1.29, 1.82) is 0 Å². The largest absolute Gasteiger partial charge is 0.275 e. The molecule has 0 N–H and O–H groups in total. The molecule has 0 radical (unpaired) electrons. The summed E-state index contributed by atoms with van der Waals surface area (Å²) in [6, 6.07) is 0. The highest BCUT2D eigenvalue weighted by Gasteiger charge is 2.14. The summed E-state index contributed by atoms with van der Waals surface area (Å²) in [5.74, 6) is 0.516. The summed E-state index contributed by atoms with van der Waals surface area (Å²) < 4.78 is 1.71. The molecular formula is C11H12Cl2N4. The van der Waals surface area contributed by atoms with E-state index < -0.39 is 0 Å². The molecular weight excluding hydrogens is 259 g/mol. The maximum atomic E-state index is 6.08. The van der Waals surface area contributed by atoms with Gasteiger partial charge in [-0.2, -0.15) is 5.10 Å². The Kier molecular flexibility index (Phi) is 3.35. The van der Waals surface area contributed by atoms with Crippen molar-refractivity contribution in [2.75, 3.05) is 0 Å². The molecule has 0 aliphatic rings. The van der Waals surface area contributed by atoms with Crippen molar-refractivity contribution in [3.63, 3.8) is 0 Å². The van der Waals surface area contributed by atoms with Gasteiger partial charge in [0.25, 0.3) is 0 Å². The second-order valence-electron chi connectivity index (χ2n) is 3.76. The smallest absolute Gasteiger partial charge is 0.165 e. The molecule has 0 spiro atoms. The Morgan fingerprint density at radius 3 is 2.24 bits per heavy atom. The van der Waals surface area contributed by atoms with Crippen molar-refractivity contribution >= 4 is 23.2 Å². The Balaban J connectivity index is 2.58. The lowest BCUT2D eigenvalue weighted by molar-refractivity contribution is 0.756. The van der Waals surface area contributed by atoms with Crippen LogP contribution in [-0.2, 0) is 13.5 Å². The molecule has 4 nitrogen and oxygen atoms in total. The summed E-state index contributed by atoms with van der Waals surface area (Å²) in [6.45, 7) is 3.86. The van der Waals surface area contributed by atoms with Crippen molar-refractivity contribution in [2.45, 2.75) is 20.3 Å². The molecule has 2 aromatic rings. The standard InChI is InChI=1S/C11H12Cl2N4/c1-4-7-9(12)14-11(15-10(7)13)8-5-17(3)16-6(8)2/h5H,4H2,1-3H3. The van der Waals surface area contributed by atoms with E-state index in [4.69, 9.17) is 23.2 Å². The number of aromatic nitrogens is 4. The van der Waals surface area contributed by atoms with Gasteiger partial charge in [-0.1, -0.05) is 30.1 Å². The fraction of sp³-hybridized carbons (Fsp3) is 0.364. The number of nitrogens with zero attached hydrogens (tertiary/aromatic N) is 4. The van der Waals surface area contributed by atoms with E-state index in [2.05, 4.69) is 15.1 Å². The molecule has 2 aromatic heterocycles. The maximum absolute atomic E-state index is 6.08. The fourth-order valence-corrected chi connectivity index (χ4v) is 2.32. The molecule has 0 atom stereocenters. The van der Waals surface area contributed by atoms with Gasteiger partial charge in [0, 0.05) is 18.8 Å². The van der Waals surface area contributed by atoms with E-state index in [1.807, 2.05) is 27.1 Å². The molecule has 0 aliphatic carbocycles. The van der Waals surface area contributed by atoms with E-state index in [9.17, 15) is 0 Å². The van der Waals surface area contributed by atoms with Gasteiger partial charge in [0.15, 0.2) is 5.82 Å². The number of halogens is 2. The summed E-state index contributed by atoms with van der Waals surface area (Å²) in [6.07, 6.45) is 2.56. The van der Waals surface area contributed by atoms with Crippen LogP contribution >= 0.6 is 23.2 Å². The van der Waals surface area contributed by atoms with Crippen LogP contribution < -0.4 is 0 Å². The average molecular weight is 271 g/mol. The molecule has 0 bridgehead atoms. The molecule has 90 valence electrons. The SMILES string of the molecule is CCc1c(Cl)nc(-c2cn(C)nc2C)nc1Cl. The third-order valence-corrected chi connectivity index (χ3v) is 3.14. The Bertz CT molecular complexity index is 540. The van der Waals surface area contributed by atoms with Gasteiger partial charge < -0.3 is 0 Å². The van der Waals surface area contributed by atoms with Crippen molar-refractivity contribution in [3.8, 4) is 11.4 Å². The second kappa shape index (κ2) is 4.63. The molecule has 2 rings (SSSR count). The molecule has 0 aromatic carbocycles. The molecule has 0 fully saturated rings. The third kappa shape index (κ3) is 2.28. The highest BCUT2D eigenvalue weighted by molar-refractivity contribution is 6.34. The molecule has 6 heteroatoms. The maximum Gasteiger partial charge on any atom is 0.165 e.